The Morgan fingerprint density at radius 3 is 1.48 bits per heavy atom. The molecule has 0 bridgehead atoms. The molecule has 4 aliphatic rings. The van der Waals surface area contributed by atoms with Crippen molar-refractivity contribution in [2.75, 3.05) is 39.6 Å². The molecule has 6 unspecified atom stereocenters. The lowest BCUT2D eigenvalue weighted by molar-refractivity contribution is -0.0287. The molecular formula is C32H38O10. The smallest absolute Gasteiger partial charge is 0.338 e. The molecule has 4 fully saturated rings. The molecule has 6 rings (SSSR count). The van der Waals surface area contributed by atoms with Gasteiger partial charge in [-0.3, -0.25) is 0 Å². The normalized spacial score (nSPS) is 27.3. The molecule has 0 aliphatic carbocycles. The standard InChI is InChI=1S/C32H38O10/c1-19-13-21(7-9-25(19)35-11-3-5-23-15-37-23)31(33)41-27-17-39-30-28(18-40-29(27)30)42-32(34)22-8-10-26(20(2)14-22)36-12-4-6-24-16-38-24/h7-10,13-14,23-24,27-30H,3-6,11-12,15-18H2,1-2H3. The number of carbonyl (C=O) groups is 2. The van der Waals surface area contributed by atoms with E-state index in [9.17, 15) is 9.59 Å². The van der Waals surface area contributed by atoms with Gasteiger partial charge in [0.2, 0.25) is 0 Å². The second-order valence-electron chi connectivity index (χ2n) is 11.3. The summed E-state index contributed by atoms with van der Waals surface area (Å²) in [6.07, 6.45) is 2.40. The van der Waals surface area contributed by atoms with Gasteiger partial charge < -0.3 is 37.9 Å². The van der Waals surface area contributed by atoms with Gasteiger partial charge in [-0.25, -0.2) is 9.59 Å². The lowest BCUT2D eigenvalue weighted by Crippen LogP contribution is -2.36. The lowest BCUT2D eigenvalue weighted by Gasteiger charge is -2.18. The molecule has 0 amide bonds. The zero-order chi connectivity index (χ0) is 29.1. The number of carbonyl (C=O) groups excluding carboxylic acids is 2. The molecule has 0 saturated carbocycles. The Balaban J connectivity index is 0.966. The second kappa shape index (κ2) is 13.0. The van der Waals surface area contributed by atoms with Crippen LogP contribution >= 0.6 is 0 Å². The van der Waals surface area contributed by atoms with Crippen LogP contribution in [-0.2, 0) is 28.4 Å². The highest BCUT2D eigenvalue weighted by Gasteiger charge is 2.51. The van der Waals surface area contributed by atoms with Crippen molar-refractivity contribution < 1.29 is 47.5 Å². The van der Waals surface area contributed by atoms with Crippen molar-refractivity contribution in [1.82, 2.24) is 0 Å². The van der Waals surface area contributed by atoms with Crippen molar-refractivity contribution in [3.63, 3.8) is 0 Å². The van der Waals surface area contributed by atoms with Crippen LogP contribution in [0.4, 0.5) is 0 Å². The number of hydrogen-bond donors (Lipinski definition) is 0. The third kappa shape index (κ3) is 7.23. The van der Waals surface area contributed by atoms with E-state index in [1.807, 2.05) is 13.8 Å². The summed E-state index contributed by atoms with van der Waals surface area (Å²) < 4.78 is 45.4. The Morgan fingerprint density at radius 2 is 1.10 bits per heavy atom. The number of rotatable bonds is 14. The maximum absolute atomic E-state index is 12.9. The van der Waals surface area contributed by atoms with Gasteiger partial charge in [-0.1, -0.05) is 0 Å². The zero-order valence-corrected chi connectivity index (χ0v) is 24.1. The highest BCUT2D eigenvalue weighted by molar-refractivity contribution is 5.90. The molecule has 6 atom stereocenters. The molecule has 0 radical (unpaired) electrons. The molecule has 2 aromatic carbocycles. The molecule has 42 heavy (non-hydrogen) atoms. The van der Waals surface area contributed by atoms with Crippen LogP contribution in [0.25, 0.3) is 0 Å². The summed E-state index contributed by atoms with van der Waals surface area (Å²) in [5.74, 6) is 0.557. The third-order valence-electron chi connectivity index (χ3n) is 7.96. The van der Waals surface area contributed by atoms with Crippen molar-refractivity contribution in [2.24, 2.45) is 0 Å². The number of fused-ring (bicyclic) bond motifs is 1. The van der Waals surface area contributed by atoms with Gasteiger partial charge in [-0.15, -0.1) is 0 Å². The second-order valence-corrected chi connectivity index (χ2v) is 11.3. The van der Waals surface area contributed by atoms with Crippen LogP contribution in [0.5, 0.6) is 11.5 Å². The summed E-state index contributed by atoms with van der Waals surface area (Å²) in [6.45, 7) is 7.04. The van der Waals surface area contributed by atoms with Gasteiger partial charge in [-0.05, 0) is 87.1 Å². The zero-order valence-electron chi connectivity index (χ0n) is 24.1. The van der Waals surface area contributed by atoms with Gasteiger partial charge in [-0.2, -0.15) is 0 Å². The highest BCUT2D eigenvalue weighted by atomic mass is 16.7. The van der Waals surface area contributed by atoms with Gasteiger partial charge in [0.15, 0.2) is 12.2 Å². The van der Waals surface area contributed by atoms with E-state index in [4.69, 9.17) is 37.9 Å². The van der Waals surface area contributed by atoms with Crippen molar-refractivity contribution in [3.8, 4) is 11.5 Å². The molecule has 0 spiro atoms. The Kier molecular flexibility index (Phi) is 8.95. The van der Waals surface area contributed by atoms with E-state index in [-0.39, 0.29) is 13.2 Å². The summed E-state index contributed by atoms with van der Waals surface area (Å²) in [6, 6.07) is 10.5. The molecule has 2 aromatic rings. The fourth-order valence-corrected chi connectivity index (χ4v) is 5.37. The van der Waals surface area contributed by atoms with E-state index in [1.54, 1.807) is 36.4 Å². The van der Waals surface area contributed by atoms with Crippen LogP contribution in [-0.4, -0.2) is 88.2 Å². The van der Waals surface area contributed by atoms with Crippen LogP contribution in [0.15, 0.2) is 36.4 Å². The topological polar surface area (TPSA) is 115 Å². The van der Waals surface area contributed by atoms with Gasteiger partial charge in [0.05, 0.1) is 63.0 Å². The number of aryl methyl sites for hydroxylation is 2. The summed E-state index contributed by atoms with van der Waals surface area (Å²) in [7, 11) is 0. The molecule has 10 heteroatoms. The van der Waals surface area contributed by atoms with Crippen LogP contribution < -0.4 is 9.47 Å². The number of esters is 2. The molecular weight excluding hydrogens is 544 g/mol. The molecule has 4 heterocycles. The van der Waals surface area contributed by atoms with E-state index in [0.29, 0.717) is 36.5 Å². The van der Waals surface area contributed by atoms with E-state index in [1.165, 1.54) is 0 Å². The molecule has 4 aliphatic heterocycles. The summed E-state index contributed by atoms with van der Waals surface area (Å²) in [5, 5.41) is 0. The van der Waals surface area contributed by atoms with Crippen LogP contribution in [0, 0.1) is 13.8 Å². The largest absolute Gasteiger partial charge is 0.493 e. The van der Waals surface area contributed by atoms with Gasteiger partial charge in [0, 0.05) is 0 Å². The Labute approximate surface area is 245 Å². The quantitative estimate of drug-likeness (QED) is 0.184. The van der Waals surface area contributed by atoms with Gasteiger partial charge in [0.1, 0.15) is 23.7 Å². The summed E-state index contributed by atoms with van der Waals surface area (Å²) in [5.41, 5.74) is 2.57. The van der Waals surface area contributed by atoms with Crippen molar-refractivity contribution in [3.05, 3.63) is 58.7 Å². The third-order valence-corrected chi connectivity index (χ3v) is 7.96. The first-order chi connectivity index (χ1) is 20.4. The first-order valence-electron chi connectivity index (χ1n) is 14.8. The predicted octanol–water partition coefficient (Wildman–Crippen LogP) is 3.97. The number of ether oxygens (including phenoxy) is 8. The van der Waals surface area contributed by atoms with Gasteiger partial charge in [0.25, 0.3) is 0 Å². The maximum atomic E-state index is 12.9. The Morgan fingerprint density at radius 1 is 0.667 bits per heavy atom. The molecule has 0 aromatic heterocycles. The number of benzene rings is 2. The first-order valence-corrected chi connectivity index (χ1v) is 14.8. The van der Waals surface area contributed by atoms with Crippen LogP contribution in [0.1, 0.15) is 57.5 Å². The van der Waals surface area contributed by atoms with Crippen molar-refractivity contribution in [1.29, 1.82) is 0 Å². The minimum Gasteiger partial charge on any atom is -0.493 e. The van der Waals surface area contributed by atoms with E-state index < -0.39 is 36.4 Å². The van der Waals surface area contributed by atoms with E-state index in [2.05, 4.69) is 0 Å². The minimum absolute atomic E-state index is 0.165. The first kappa shape index (κ1) is 28.9. The SMILES string of the molecule is Cc1cc(C(=O)OC2COC3C(OC(=O)c4ccc(OCCCC5CO5)c(C)c4)COC23)ccc1OCCCC1CO1. The average Bonchev–Trinajstić information content (AvgIpc) is 3.91. The van der Waals surface area contributed by atoms with Crippen LogP contribution in [0.3, 0.4) is 0 Å². The van der Waals surface area contributed by atoms with E-state index >= 15 is 0 Å². The van der Waals surface area contributed by atoms with Crippen molar-refractivity contribution >= 4 is 11.9 Å². The fourth-order valence-electron chi connectivity index (χ4n) is 5.37. The number of epoxide rings is 2. The molecule has 226 valence electrons. The maximum Gasteiger partial charge on any atom is 0.338 e. The molecule has 4 saturated heterocycles. The molecule has 10 nitrogen and oxygen atoms in total. The lowest BCUT2D eigenvalue weighted by atomic mass is 10.1. The van der Waals surface area contributed by atoms with Crippen molar-refractivity contribution in [2.45, 2.75) is 76.2 Å². The van der Waals surface area contributed by atoms with Gasteiger partial charge >= 0.3 is 11.9 Å². The Hall–Kier alpha value is -3.18. The van der Waals surface area contributed by atoms with E-state index in [0.717, 1.165) is 61.5 Å². The average molecular weight is 583 g/mol. The molecule has 0 N–H and O–H groups in total. The monoisotopic (exact) mass is 582 g/mol. The van der Waals surface area contributed by atoms with Crippen LogP contribution in [0.2, 0.25) is 0 Å². The highest BCUT2D eigenvalue weighted by Crippen LogP contribution is 2.32. The minimum atomic E-state index is -0.600. The Bertz CT molecular complexity index is 1170. The fraction of sp³-hybridized carbons (Fsp3) is 0.562. The summed E-state index contributed by atoms with van der Waals surface area (Å²) >= 11 is 0. The predicted molar refractivity (Wildman–Crippen MR) is 149 cm³/mol. The summed E-state index contributed by atoms with van der Waals surface area (Å²) in [4.78, 5) is 25.9. The number of hydrogen-bond acceptors (Lipinski definition) is 10.